The summed E-state index contributed by atoms with van der Waals surface area (Å²) in [7, 11) is 1.27. The van der Waals surface area contributed by atoms with Crippen molar-refractivity contribution in [1.29, 1.82) is 0 Å². The third kappa shape index (κ3) is 5.60. The number of carbonyl (C=O) groups excluding carboxylic acids is 3. The quantitative estimate of drug-likeness (QED) is 0.123. The van der Waals surface area contributed by atoms with Gasteiger partial charge in [0.05, 0.1) is 17.9 Å². The zero-order chi connectivity index (χ0) is 26.1. The van der Waals surface area contributed by atoms with Gasteiger partial charge in [0.2, 0.25) is 5.89 Å². The van der Waals surface area contributed by atoms with Gasteiger partial charge in [-0.1, -0.05) is 5.16 Å². The molecule has 2 atom stereocenters. The number of thiazole rings is 1. The highest BCUT2D eigenvalue weighted by Crippen LogP contribution is 2.40. The van der Waals surface area contributed by atoms with Gasteiger partial charge in [-0.3, -0.25) is 14.5 Å². The minimum atomic E-state index is -1.46. The van der Waals surface area contributed by atoms with Crippen molar-refractivity contribution in [3.05, 3.63) is 59.3 Å². The molecule has 39 heavy (non-hydrogen) atoms. The van der Waals surface area contributed by atoms with Crippen LogP contribution in [0.4, 0.5) is 5.13 Å². The molecule has 5 rings (SSSR count). The zero-order valence-corrected chi connectivity index (χ0v) is 21.8. The van der Waals surface area contributed by atoms with E-state index < -0.39 is 29.2 Å². The lowest BCUT2D eigenvalue weighted by atomic mass is 10.0. The molecule has 0 spiro atoms. The number of carboxylic acids is 1. The Bertz CT molecular complexity index is 1420. The van der Waals surface area contributed by atoms with Crippen molar-refractivity contribution < 1.29 is 44.3 Å². The van der Waals surface area contributed by atoms with Gasteiger partial charge < -0.3 is 41.2 Å². The van der Waals surface area contributed by atoms with Crippen LogP contribution in [0.1, 0.15) is 5.69 Å². The predicted octanol–water partition coefficient (Wildman–Crippen LogP) is -2.53. The van der Waals surface area contributed by atoms with Gasteiger partial charge in [0.1, 0.15) is 30.5 Å². The third-order valence-electron chi connectivity index (χ3n) is 5.63. The van der Waals surface area contributed by atoms with Crippen molar-refractivity contribution in [2.75, 3.05) is 18.6 Å². The van der Waals surface area contributed by atoms with Gasteiger partial charge >= 0.3 is 0 Å². The minimum absolute atomic E-state index is 0. The lowest BCUT2D eigenvalue weighted by Gasteiger charge is -2.50. The van der Waals surface area contributed by atoms with E-state index in [1.807, 2.05) is 0 Å². The van der Waals surface area contributed by atoms with Crippen LogP contribution in [0.15, 0.2) is 63.2 Å². The molecule has 2 aliphatic rings. The highest BCUT2D eigenvalue weighted by Gasteiger charge is 2.53. The number of pyridine rings is 1. The van der Waals surface area contributed by atoms with E-state index in [0.717, 1.165) is 21.8 Å². The Kier molecular flexibility index (Phi) is 9.02. The van der Waals surface area contributed by atoms with Gasteiger partial charge in [0, 0.05) is 34.4 Å². The molecule has 0 aliphatic carbocycles. The molecule has 0 radical (unpaired) electrons. The SMILES string of the molecule is CO/N=C(/C(=O)N[C@H]1C(=O)N2C(C(=O)[O-])=C(C[n+]3ccc(-c4ncco4)cc3)CS[C@@H]12)c1csc(N)n1.O.O. The fraction of sp³-hybridized carbons (Fsp3) is 0.227. The molecule has 1 fully saturated rings. The topological polar surface area (TPSA) is 243 Å². The molecular formula is C22H23N7O8S2. The van der Waals surface area contributed by atoms with Gasteiger partial charge in [-0.05, 0) is 0 Å². The Labute approximate surface area is 228 Å². The highest BCUT2D eigenvalue weighted by molar-refractivity contribution is 8.00. The Morgan fingerprint density at radius 1 is 1.36 bits per heavy atom. The lowest BCUT2D eigenvalue weighted by molar-refractivity contribution is -0.689. The van der Waals surface area contributed by atoms with E-state index in [1.54, 1.807) is 35.3 Å². The van der Waals surface area contributed by atoms with Crippen molar-refractivity contribution in [1.82, 2.24) is 20.2 Å². The van der Waals surface area contributed by atoms with Crippen LogP contribution >= 0.6 is 23.1 Å². The van der Waals surface area contributed by atoms with Crippen molar-refractivity contribution in [2.24, 2.45) is 5.16 Å². The molecular weight excluding hydrogens is 554 g/mol. The molecule has 0 saturated carbocycles. The van der Waals surface area contributed by atoms with Crippen LogP contribution in [0.2, 0.25) is 0 Å². The molecule has 0 unspecified atom stereocenters. The van der Waals surface area contributed by atoms with E-state index in [0.29, 0.717) is 17.2 Å². The molecule has 0 aromatic carbocycles. The number of anilines is 1. The summed E-state index contributed by atoms with van der Waals surface area (Å²) < 4.78 is 7.06. The first-order valence-corrected chi connectivity index (χ1v) is 12.7. The van der Waals surface area contributed by atoms with Crippen LogP contribution in [-0.4, -0.2) is 73.6 Å². The van der Waals surface area contributed by atoms with Crippen molar-refractivity contribution in [2.45, 2.75) is 18.0 Å². The first-order valence-electron chi connectivity index (χ1n) is 10.8. The maximum absolute atomic E-state index is 13.0. The molecule has 206 valence electrons. The number of oxime groups is 1. The van der Waals surface area contributed by atoms with E-state index in [9.17, 15) is 19.5 Å². The molecule has 3 aromatic rings. The smallest absolute Gasteiger partial charge is 0.276 e. The van der Waals surface area contributed by atoms with Crippen molar-refractivity contribution >= 4 is 51.7 Å². The van der Waals surface area contributed by atoms with Gasteiger partial charge in [-0.15, -0.1) is 23.1 Å². The van der Waals surface area contributed by atoms with Gasteiger partial charge in [0.15, 0.2) is 29.8 Å². The molecule has 1 saturated heterocycles. The van der Waals surface area contributed by atoms with E-state index >= 15 is 0 Å². The van der Waals surface area contributed by atoms with Gasteiger partial charge in [-0.2, -0.15) is 0 Å². The first kappa shape index (κ1) is 29.2. The average Bonchev–Trinajstić information content (AvgIpc) is 3.58. The molecule has 2 amide bonds. The molecule has 0 bridgehead atoms. The molecule has 15 nitrogen and oxygen atoms in total. The molecule has 17 heteroatoms. The summed E-state index contributed by atoms with van der Waals surface area (Å²) >= 11 is 2.46. The summed E-state index contributed by atoms with van der Waals surface area (Å²) in [6.07, 6.45) is 6.55. The Morgan fingerprint density at radius 3 is 2.69 bits per heavy atom. The highest BCUT2D eigenvalue weighted by atomic mass is 32.2. The molecule has 3 aromatic heterocycles. The number of nitrogen functional groups attached to an aromatic ring is 1. The number of nitrogens with two attached hydrogens (primary N) is 1. The number of rotatable bonds is 8. The number of aromatic nitrogens is 3. The number of β-lactam (4-membered cyclic amide) rings is 1. The number of oxazole rings is 1. The Balaban J connectivity index is 0.00000210. The Hall–Kier alpha value is -4.32. The van der Waals surface area contributed by atoms with Crippen LogP contribution in [0, 0.1) is 0 Å². The normalized spacial score (nSPS) is 18.3. The predicted molar refractivity (Wildman–Crippen MR) is 136 cm³/mol. The van der Waals surface area contributed by atoms with Crippen LogP contribution < -0.4 is 20.7 Å². The Morgan fingerprint density at radius 2 is 2.10 bits per heavy atom. The number of hydrogen-bond donors (Lipinski definition) is 2. The van der Waals surface area contributed by atoms with Crippen LogP contribution in [0.25, 0.3) is 11.5 Å². The number of thioether (sulfide) groups is 1. The second kappa shape index (κ2) is 12.0. The van der Waals surface area contributed by atoms with E-state index in [1.165, 1.54) is 30.5 Å². The minimum Gasteiger partial charge on any atom is -0.543 e. The second-order valence-corrected chi connectivity index (χ2v) is 9.89. The van der Waals surface area contributed by atoms with Crippen LogP contribution in [-0.2, 0) is 25.8 Å². The number of nitrogens with zero attached hydrogens (tertiary/aromatic N) is 5. The third-order valence-corrected chi connectivity index (χ3v) is 7.65. The van der Waals surface area contributed by atoms with E-state index in [2.05, 4.69) is 20.4 Å². The number of fused-ring (bicyclic) bond motifs is 1. The molecule has 7 N–H and O–H groups in total. The standard InChI is InChI=1S/C22H19N7O6S2.2H2O/c1-34-27-14(13-10-37-22(23)25-13)17(30)26-15-19(31)29-16(21(32)33)12(9-36-20(15)29)8-28-5-2-11(3-6-28)18-24-4-7-35-18;;/h2-7,10,15,20H,8-9H2,1H3,(H3-,23,25,26,30,32,33);2*1H2/b27-14+;;/t15-,20-;;/m0../s1. The number of carbonyl (C=O) groups is 3. The average molecular weight is 578 g/mol. The first-order chi connectivity index (χ1) is 17.9. The monoisotopic (exact) mass is 577 g/mol. The number of carboxylic acid groups (broad SMARTS) is 1. The van der Waals surface area contributed by atoms with Crippen molar-refractivity contribution in [3.63, 3.8) is 0 Å². The molecule has 2 aliphatic heterocycles. The van der Waals surface area contributed by atoms with E-state index in [-0.39, 0.29) is 39.7 Å². The van der Waals surface area contributed by atoms with Crippen LogP contribution in [0.3, 0.4) is 0 Å². The number of nitrogens with one attached hydrogen (secondary N) is 1. The van der Waals surface area contributed by atoms with Gasteiger partial charge in [-0.25, -0.2) is 14.5 Å². The second-order valence-electron chi connectivity index (χ2n) is 7.89. The molecule has 5 heterocycles. The summed E-state index contributed by atoms with van der Waals surface area (Å²) in [5.41, 5.74) is 6.77. The summed E-state index contributed by atoms with van der Waals surface area (Å²) in [6.45, 7) is 0.228. The largest absolute Gasteiger partial charge is 0.543 e. The fourth-order valence-electron chi connectivity index (χ4n) is 3.99. The fourth-order valence-corrected chi connectivity index (χ4v) is 5.87. The van der Waals surface area contributed by atoms with Gasteiger partial charge in [0.25, 0.3) is 11.8 Å². The zero-order valence-electron chi connectivity index (χ0n) is 20.2. The number of amides is 2. The maximum atomic E-state index is 13.0. The summed E-state index contributed by atoms with van der Waals surface area (Å²) in [5, 5.41) is 19.5. The van der Waals surface area contributed by atoms with Crippen LogP contribution in [0.5, 0.6) is 0 Å². The maximum Gasteiger partial charge on any atom is 0.276 e. The summed E-state index contributed by atoms with van der Waals surface area (Å²) in [5.74, 6) is -1.94. The van der Waals surface area contributed by atoms with Crippen molar-refractivity contribution in [3.8, 4) is 11.5 Å². The van der Waals surface area contributed by atoms with E-state index in [4.69, 9.17) is 15.0 Å². The number of aliphatic carboxylic acids is 1. The summed E-state index contributed by atoms with van der Waals surface area (Å²) in [4.78, 5) is 51.9. The number of hydrogen-bond acceptors (Lipinski definition) is 12. The lowest BCUT2D eigenvalue weighted by Crippen LogP contribution is -2.71. The summed E-state index contributed by atoms with van der Waals surface area (Å²) in [6, 6.07) is 2.62.